The highest BCUT2D eigenvalue weighted by molar-refractivity contribution is 5.88. The van der Waals surface area contributed by atoms with Gasteiger partial charge in [0.2, 0.25) is 0 Å². The third-order valence-electron chi connectivity index (χ3n) is 3.57. The number of nitrogens with zero attached hydrogens (tertiary/aromatic N) is 1. The fourth-order valence-corrected chi connectivity index (χ4v) is 2.18. The molecule has 2 aliphatic rings. The number of hydrogen-bond acceptors (Lipinski definition) is 2. The summed E-state index contributed by atoms with van der Waals surface area (Å²) in [5.74, 6) is 0. The Bertz CT molecular complexity index is 212. The largest absolute Gasteiger partial charge is 0.307 e. The first-order chi connectivity index (χ1) is 6.18. The number of rotatable bonds is 2. The minimum Gasteiger partial charge on any atom is -0.307 e. The number of nitrogens with one attached hydrogen (secondary N) is 1. The van der Waals surface area contributed by atoms with E-state index < -0.39 is 0 Å². The van der Waals surface area contributed by atoms with E-state index in [0.29, 0.717) is 11.5 Å². The molecule has 0 aromatic carbocycles. The molecule has 0 spiro atoms. The standard InChI is InChI=1S/C11H20N2/c1-11(2)8-4-7-10(11)13-12-9-5-3-6-9/h10,13H,3-8H2,1-2H3. The van der Waals surface area contributed by atoms with Crippen LogP contribution in [0.1, 0.15) is 52.4 Å². The monoisotopic (exact) mass is 180 g/mol. The molecule has 0 aromatic heterocycles. The Labute approximate surface area is 80.8 Å². The van der Waals surface area contributed by atoms with Gasteiger partial charge in [0.1, 0.15) is 0 Å². The lowest BCUT2D eigenvalue weighted by atomic mass is 9.88. The molecule has 0 amide bonds. The molecule has 2 heteroatoms. The first kappa shape index (κ1) is 9.04. The summed E-state index contributed by atoms with van der Waals surface area (Å²) < 4.78 is 0. The van der Waals surface area contributed by atoms with E-state index in [1.807, 2.05) is 0 Å². The molecule has 0 aromatic rings. The molecular weight excluding hydrogens is 160 g/mol. The lowest BCUT2D eigenvalue weighted by molar-refractivity contribution is 0.287. The van der Waals surface area contributed by atoms with Gasteiger partial charge in [-0.05, 0) is 37.5 Å². The zero-order valence-corrected chi connectivity index (χ0v) is 8.77. The molecule has 2 rings (SSSR count). The predicted molar refractivity (Wildman–Crippen MR) is 55.8 cm³/mol. The van der Waals surface area contributed by atoms with Crippen molar-refractivity contribution >= 4 is 5.71 Å². The van der Waals surface area contributed by atoms with Crippen molar-refractivity contribution in [2.24, 2.45) is 10.5 Å². The molecule has 0 bridgehead atoms. The smallest absolute Gasteiger partial charge is 0.0491 e. The topological polar surface area (TPSA) is 24.4 Å². The van der Waals surface area contributed by atoms with Crippen LogP contribution < -0.4 is 5.43 Å². The fraction of sp³-hybridized carbons (Fsp3) is 0.909. The van der Waals surface area contributed by atoms with Gasteiger partial charge in [-0.2, -0.15) is 5.10 Å². The summed E-state index contributed by atoms with van der Waals surface area (Å²) in [5.41, 5.74) is 5.19. The summed E-state index contributed by atoms with van der Waals surface area (Å²) in [6.07, 6.45) is 7.78. The third-order valence-corrected chi connectivity index (χ3v) is 3.57. The van der Waals surface area contributed by atoms with Crippen molar-refractivity contribution in [3.8, 4) is 0 Å². The molecule has 2 nitrogen and oxygen atoms in total. The van der Waals surface area contributed by atoms with Crippen molar-refractivity contribution < 1.29 is 0 Å². The lowest BCUT2D eigenvalue weighted by Gasteiger charge is -2.27. The van der Waals surface area contributed by atoms with Gasteiger partial charge in [-0.1, -0.05) is 20.3 Å². The van der Waals surface area contributed by atoms with Gasteiger partial charge >= 0.3 is 0 Å². The average Bonchev–Trinajstić information content (AvgIpc) is 2.27. The van der Waals surface area contributed by atoms with E-state index in [4.69, 9.17) is 0 Å². The Hall–Kier alpha value is -0.530. The molecule has 0 saturated heterocycles. The molecule has 1 unspecified atom stereocenters. The molecule has 1 atom stereocenters. The van der Waals surface area contributed by atoms with Gasteiger partial charge in [0.15, 0.2) is 0 Å². The summed E-state index contributed by atoms with van der Waals surface area (Å²) in [7, 11) is 0. The SMILES string of the molecule is CC1(C)CCCC1NN=C1CCC1. The average molecular weight is 180 g/mol. The fourth-order valence-electron chi connectivity index (χ4n) is 2.18. The first-order valence-corrected chi connectivity index (χ1v) is 5.49. The minimum atomic E-state index is 0.452. The van der Waals surface area contributed by atoms with Crippen molar-refractivity contribution in [2.75, 3.05) is 0 Å². The van der Waals surface area contributed by atoms with E-state index in [1.165, 1.54) is 44.2 Å². The number of hydrogen-bond donors (Lipinski definition) is 1. The van der Waals surface area contributed by atoms with Crippen LogP contribution in [-0.2, 0) is 0 Å². The summed E-state index contributed by atoms with van der Waals surface area (Å²) in [4.78, 5) is 0. The summed E-state index contributed by atoms with van der Waals surface area (Å²) in [6.45, 7) is 4.69. The highest BCUT2D eigenvalue weighted by atomic mass is 15.3. The molecule has 13 heavy (non-hydrogen) atoms. The van der Waals surface area contributed by atoms with Gasteiger partial charge in [-0.3, -0.25) is 0 Å². The van der Waals surface area contributed by atoms with Crippen LogP contribution in [0.25, 0.3) is 0 Å². The van der Waals surface area contributed by atoms with E-state index >= 15 is 0 Å². The van der Waals surface area contributed by atoms with Gasteiger partial charge in [0.25, 0.3) is 0 Å². The van der Waals surface area contributed by atoms with Crippen molar-refractivity contribution in [1.82, 2.24) is 5.43 Å². The third kappa shape index (κ3) is 1.87. The predicted octanol–water partition coefficient (Wildman–Crippen LogP) is 2.69. The minimum absolute atomic E-state index is 0.452. The highest BCUT2D eigenvalue weighted by Crippen LogP contribution is 2.37. The molecule has 0 heterocycles. The van der Waals surface area contributed by atoms with E-state index in [1.54, 1.807) is 0 Å². The molecule has 2 aliphatic carbocycles. The highest BCUT2D eigenvalue weighted by Gasteiger charge is 2.34. The van der Waals surface area contributed by atoms with Crippen molar-refractivity contribution in [3.05, 3.63) is 0 Å². The van der Waals surface area contributed by atoms with E-state index in [0.717, 1.165) is 0 Å². The number of hydrazone groups is 1. The second kappa shape index (κ2) is 3.32. The van der Waals surface area contributed by atoms with E-state index in [2.05, 4.69) is 24.4 Å². The second-order valence-corrected chi connectivity index (χ2v) is 5.09. The summed E-state index contributed by atoms with van der Waals surface area (Å²) >= 11 is 0. The maximum Gasteiger partial charge on any atom is 0.0491 e. The van der Waals surface area contributed by atoms with Gasteiger partial charge < -0.3 is 5.43 Å². The quantitative estimate of drug-likeness (QED) is 0.649. The molecule has 2 saturated carbocycles. The Morgan fingerprint density at radius 3 is 2.54 bits per heavy atom. The Kier molecular flexibility index (Phi) is 2.31. The zero-order valence-electron chi connectivity index (χ0n) is 8.77. The maximum absolute atomic E-state index is 4.47. The lowest BCUT2D eigenvalue weighted by Crippen LogP contribution is -2.35. The van der Waals surface area contributed by atoms with Gasteiger partial charge in [0.05, 0.1) is 0 Å². The van der Waals surface area contributed by atoms with E-state index in [9.17, 15) is 0 Å². The Balaban J connectivity index is 1.87. The van der Waals surface area contributed by atoms with Gasteiger partial charge in [-0.25, -0.2) is 0 Å². The van der Waals surface area contributed by atoms with Crippen molar-refractivity contribution in [1.29, 1.82) is 0 Å². The summed E-state index contributed by atoms with van der Waals surface area (Å²) in [6, 6.07) is 0.612. The van der Waals surface area contributed by atoms with E-state index in [-0.39, 0.29) is 0 Å². The molecular formula is C11H20N2. The molecule has 2 fully saturated rings. The van der Waals surface area contributed by atoms with Crippen LogP contribution in [0, 0.1) is 5.41 Å². The second-order valence-electron chi connectivity index (χ2n) is 5.09. The molecule has 1 N–H and O–H groups in total. The van der Waals surface area contributed by atoms with Gasteiger partial charge in [0, 0.05) is 11.8 Å². The van der Waals surface area contributed by atoms with Crippen LogP contribution in [0.5, 0.6) is 0 Å². The van der Waals surface area contributed by atoms with Crippen LogP contribution in [0.4, 0.5) is 0 Å². The summed E-state index contributed by atoms with van der Waals surface area (Å²) in [5, 5.41) is 4.47. The van der Waals surface area contributed by atoms with Gasteiger partial charge in [-0.15, -0.1) is 0 Å². The zero-order chi connectivity index (χ0) is 9.31. The van der Waals surface area contributed by atoms with Crippen LogP contribution in [0.2, 0.25) is 0 Å². The van der Waals surface area contributed by atoms with Crippen LogP contribution in [0.15, 0.2) is 5.10 Å². The van der Waals surface area contributed by atoms with Crippen LogP contribution in [-0.4, -0.2) is 11.8 Å². The molecule has 74 valence electrons. The van der Waals surface area contributed by atoms with Crippen molar-refractivity contribution in [2.45, 2.75) is 58.4 Å². The Morgan fingerprint density at radius 2 is 2.08 bits per heavy atom. The Morgan fingerprint density at radius 1 is 1.31 bits per heavy atom. The van der Waals surface area contributed by atoms with Crippen LogP contribution in [0.3, 0.4) is 0 Å². The van der Waals surface area contributed by atoms with Crippen molar-refractivity contribution in [3.63, 3.8) is 0 Å². The molecule has 0 radical (unpaired) electrons. The normalized spacial score (nSPS) is 31.2. The first-order valence-electron chi connectivity index (χ1n) is 5.49. The maximum atomic E-state index is 4.47. The van der Waals surface area contributed by atoms with Crippen LogP contribution >= 0.6 is 0 Å². The molecule has 0 aliphatic heterocycles.